The summed E-state index contributed by atoms with van der Waals surface area (Å²) in [5.74, 6) is -1.39. The first-order valence-electron chi connectivity index (χ1n) is 11.0. The molecule has 8 nitrogen and oxygen atoms in total. The molecule has 184 valence electrons. The maximum Gasteiger partial charge on any atom is 0.259 e. The van der Waals surface area contributed by atoms with Crippen LogP contribution in [0.15, 0.2) is 47.5 Å². The Morgan fingerprint density at radius 2 is 2.09 bits per heavy atom. The number of ether oxygens (including phenoxy) is 1. The largest absolute Gasteiger partial charge is 0.472 e. The number of rotatable bonds is 7. The van der Waals surface area contributed by atoms with Gasteiger partial charge in [-0.25, -0.2) is 17.8 Å². The van der Waals surface area contributed by atoms with Crippen LogP contribution in [0.25, 0.3) is 6.08 Å². The van der Waals surface area contributed by atoms with E-state index in [1.807, 2.05) is 19.9 Å². The highest BCUT2D eigenvalue weighted by molar-refractivity contribution is 7.89. The highest BCUT2D eigenvalue weighted by Crippen LogP contribution is 2.28. The third-order valence-corrected chi connectivity index (χ3v) is 7.72. The maximum atomic E-state index is 14.2. The summed E-state index contributed by atoms with van der Waals surface area (Å²) in [6.45, 7) is 5.32. The van der Waals surface area contributed by atoms with Crippen LogP contribution in [-0.4, -0.2) is 72.5 Å². The number of nitrogens with zero attached hydrogens (tertiary/aromatic N) is 3. The van der Waals surface area contributed by atoms with Crippen LogP contribution in [0, 0.1) is 11.7 Å². The quantitative estimate of drug-likeness (QED) is 0.639. The number of aliphatic hydroxyl groups excluding tert-OH is 1. The average molecular weight is 492 g/mol. The summed E-state index contributed by atoms with van der Waals surface area (Å²) in [7, 11) is -2.76. The average Bonchev–Trinajstić information content (AvgIpc) is 2.81. The van der Waals surface area contributed by atoms with E-state index in [2.05, 4.69) is 4.98 Å². The zero-order valence-corrected chi connectivity index (χ0v) is 20.5. The lowest BCUT2D eigenvalue weighted by Crippen LogP contribution is -2.50. The molecule has 0 bridgehead atoms. The molecule has 34 heavy (non-hydrogen) atoms. The maximum absolute atomic E-state index is 14.2. The van der Waals surface area contributed by atoms with Crippen LogP contribution in [0.1, 0.15) is 36.7 Å². The number of amides is 1. The monoisotopic (exact) mass is 491 g/mol. The highest BCUT2D eigenvalue weighted by atomic mass is 32.2. The third kappa shape index (κ3) is 5.29. The summed E-state index contributed by atoms with van der Waals surface area (Å²) in [5.41, 5.74) is 0.937. The second kappa shape index (κ2) is 10.6. The Bertz CT molecular complexity index is 1170. The van der Waals surface area contributed by atoms with E-state index in [1.54, 1.807) is 30.2 Å². The van der Waals surface area contributed by atoms with E-state index in [0.717, 1.165) is 10.4 Å². The number of sulfonamides is 1. The van der Waals surface area contributed by atoms with Crippen molar-refractivity contribution in [2.75, 3.05) is 26.7 Å². The normalized spacial score (nSPS) is 20.1. The van der Waals surface area contributed by atoms with Crippen molar-refractivity contribution in [3.8, 4) is 5.88 Å². The van der Waals surface area contributed by atoms with Crippen molar-refractivity contribution < 1.29 is 27.4 Å². The topological polar surface area (TPSA) is 100 Å². The second-order valence-electron chi connectivity index (χ2n) is 8.46. The SMILES string of the molecule is CC=Cc1cnc2c(c1)C(=O)N([C@@H](C)CO)C[C@@H](C)[C@@H](CN(C)S(=O)(=O)c1ccccc1F)O2. The van der Waals surface area contributed by atoms with E-state index in [9.17, 15) is 22.7 Å². The smallest absolute Gasteiger partial charge is 0.259 e. The molecule has 1 aromatic carbocycles. The number of hydrogen-bond donors (Lipinski definition) is 1. The molecular formula is C24H30FN3O5S. The molecule has 0 aliphatic carbocycles. The van der Waals surface area contributed by atoms with Gasteiger partial charge in [0.05, 0.1) is 19.2 Å². The second-order valence-corrected chi connectivity index (χ2v) is 10.5. The van der Waals surface area contributed by atoms with Crippen molar-refractivity contribution in [3.63, 3.8) is 0 Å². The standard InChI is InChI=1S/C24H30FN3O5S/c1-5-8-18-11-19-23(26-12-18)33-21(16(2)13-28(24(19)30)17(3)15-29)14-27(4)34(31,32)22-10-7-6-9-20(22)25/h5-12,16-17,21,29H,13-15H2,1-4H3/t16-,17+,21-/m1/s1. The van der Waals surface area contributed by atoms with Gasteiger partial charge in [-0.15, -0.1) is 0 Å². The number of benzene rings is 1. The Balaban J connectivity index is 1.99. The van der Waals surface area contributed by atoms with Crippen molar-refractivity contribution in [1.82, 2.24) is 14.2 Å². The fourth-order valence-corrected chi connectivity index (χ4v) is 5.04. The van der Waals surface area contributed by atoms with Crippen LogP contribution >= 0.6 is 0 Å². The zero-order valence-electron chi connectivity index (χ0n) is 19.7. The molecule has 0 fully saturated rings. The van der Waals surface area contributed by atoms with Gasteiger partial charge in [0.25, 0.3) is 5.91 Å². The van der Waals surface area contributed by atoms with Gasteiger partial charge in [-0.05, 0) is 37.6 Å². The lowest BCUT2D eigenvalue weighted by molar-refractivity contribution is 0.0373. The van der Waals surface area contributed by atoms with Crippen LogP contribution in [0.4, 0.5) is 4.39 Å². The molecule has 0 unspecified atom stereocenters. The van der Waals surface area contributed by atoms with Gasteiger partial charge in [-0.3, -0.25) is 4.79 Å². The van der Waals surface area contributed by atoms with E-state index < -0.39 is 32.9 Å². The van der Waals surface area contributed by atoms with Crippen molar-refractivity contribution in [2.24, 2.45) is 5.92 Å². The van der Waals surface area contributed by atoms with E-state index in [0.29, 0.717) is 5.56 Å². The third-order valence-electron chi connectivity index (χ3n) is 5.86. The number of allylic oxidation sites excluding steroid dienone is 1. The fraction of sp³-hybridized carbons (Fsp3) is 0.417. The first-order valence-corrected chi connectivity index (χ1v) is 12.5. The van der Waals surface area contributed by atoms with Gasteiger partial charge in [0.1, 0.15) is 22.4 Å². The Labute approximate surface area is 199 Å². The molecule has 1 aromatic heterocycles. The van der Waals surface area contributed by atoms with Gasteiger partial charge in [-0.2, -0.15) is 4.31 Å². The summed E-state index contributed by atoms with van der Waals surface area (Å²) in [6, 6.07) is 6.39. The molecule has 0 spiro atoms. The summed E-state index contributed by atoms with van der Waals surface area (Å²) in [6.07, 6.45) is 4.49. The molecule has 1 aliphatic heterocycles. The van der Waals surface area contributed by atoms with Crippen LogP contribution < -0.4 is 4.74 Å². The first-order chi connectivity index (χ1) is 16.1. The number of aromatic nitrogens is 1. The van der Waals surface area contributed by atoms with Crippen molar-refractivity contribution in [3.05, 3.63) is 59.5 Å². The lowest BCUT2D eigenvalue weighted by Gasteiger charge is -2.37. The van der Waals surface area contributed by atoms with E-state index in [-0.39, 0.29) is 43.0 Å². The molecule has 1 amide bonds. The van der Waals surface area contributed by atoms with Gasteiger partial charge in [0, 0.05) is 25.7 Å². The minimum Gasteiger partial charge on any atom is -0.472 e. The molecule has 0 radical (unpaired) electrons. The van der Waals surface area contributed by atoms with Gasteiger partial charge in [0.2, 0.25) is 15.9 Å². The molecule has 1 N–H and O–H groups in total. The Morgan fingerprint density at radius 1 is 1.38 bits per heavy atom. The van der Waals surface area contributed by atoms with Crippen LogP contribution in [-0.2, 0) is 10.0 Å². The Morgan fingerprint density at radius 3 is 2.74 bits per heavy atom. The van der Waals surface area contributed by atoms with Crippen LogP contribution in [0.2, 0.25) is 0 Å². The number of carbonyl (C=O) groups excluding carboxylic acids is 1. The predicted molar refractivity (Wildman–Crippen MR) is 126 cm³/mol. The summed E-state index contributed by atoms with van der Waals surface area (Å²) in [4.78, 5) is 18.8. The number of halogens is 1. The molecule has 0 saturated heterocycles. The molecule has 10 heteroatoms. The van der Waals surface area contributed by atoms with Crippen molar-refractivity contribution >= 4 is 22.0 Å². The minimum atomic E-state index is -4.12. The number of hydrogen-bond acceptors (Lipinski definition) is 6. The number of fused-ring (bicyclic) bond motifs is 1. The van der Waals surface area contributed by atoms with E-state index in [1.165, 1.54) is 25.2 Å². The summed E-state index contributed by atoms with van der Waals surface area (Å²) >= 11 is 0. The van der Waals surface area contributed by atoms with Gasteiger partial charge in [-0.1, -0.05) is 31.2 Å². The Hall–Kier alpha value is -2.82. The molecule has 2 aromatic rings. The van der Waals surface area contributed by atoms with E-state index in [4.69, 9.17) is 4.74 Å². The summed E-state index contributed by atoms with van der Waals surface area (Å²) in [5, 5.41) is 9.74. The molecule has 1 aliphatic rings. The minimum absolute atomic E-state index is 0.0848. The molecule has 3 rings (SSSR count). The lowest BCUT2D eigenvalue weighted by atomic mass is 10.00. The molecule has 2 heterocycles. The van der Waals surface area contributed by atoms with Gasteiger partial charge >= 0.3 is 0 Å². The first kappa shape index (κ1) is 25.8. The zero-order chi connectivity index (χ0) is 25.0. The molecular weight excluding hydrogens is 461 g/mol. The number of aliphatic hydroxyl groups is 1. The van der Waals surface area contributed by atoms with Gasteiger partial charge in [0.15, 0.2) is 0 Å². The molecule has 3 atom stereocenters. The fourth-order valence-electron chi connectivity index (χ4n) is 3.79. The number of pyridine rings is 1. The van der Waals surface area contributed by atoms with Crippen molar-refractivity contribution in [2.45, 2.75) is 37.8 Å². The summed E-state index contributed by atoms with van der Waals surface area (Å²) < 4.78 is 47.4. The van der Waals surface area contributed by atoms with Crippen LogP contribution in [0.3, 0.4) is 0 Å². The van der Waals surface area contributed by atoms with Gasteiger partial charge < -0.3 is 14.7 Å². The van der Waals surface area contributed by atoms with E-state index >= 15 is 0 Å². The number of likely N-dealkylation sites (N-methyl/N-ethyl adjacent to an activating group) is 1. The predicted octanol–water partition coefficient (Wildman–Crippen LogP) is 2.79. The highest BCUT2D eigenvalue weighted by Gasteiger charge is 2.36. The Kier molecular flexibility index (Phi) is 8.06. The molecule has 0 saturated carbocycles. The van der Waals surface area contributed by atoms with Crippen LogP contribution in [0.5, 0.6) is 5.88 Å². The van der Waals surface area contributed by atoms with Crippen molar-refractivity contribution in [1.29, 1.82) is 0 Å². The number of carbonyl (C=O) groups is 1.